The first-order valence-corrected chi connectivity index (χ1v) is 6.34. The van der Waals surface area contributed by atoms with Crippen molar-refractivity contribution in [2.45, 2.75) is 0 Å². The number of aromatic carboxylic acids is 1. The molecule has 3 N–H and O–H groups in total. The molecule has 9 heteroatoms. The summed E-state index contributed by atoms with van der Waals surface area (Å²) >= 11 is 11.6. The Morgan fingerprint density at radius 3 is 2.64 bits per heavy atom. The maximum Gasteiger partial charge on any atom is 1.00 e. The molecule has 0 aliphatic rings. The predicted molar refractivity (Wildman–Crippen MR) is 78.7 cm³/mol. The number of hydrogen-bond acceptors (Lipinski definition) is 4. The first-order valence-electron chi connectivity index (χ1n) is 5.58. The van der Waals surface area contributed by atoms with Gasteiger partial charge in [0, 0.05) is 5.56 Å². The zero-order valence-electron chi connectivity index (χ0n) is 12.7. The number of nitrogen functional groups attached to an aromatic ring is 1. The van der Waals surface area contributed by atoms with Crippen LogP contribution in [-0.4, -0.2) is 23.2 Å². The van der Waals surface area contributed by atoms with E-state index in [0.717, 1.165) is 0 Å². The van der Waals surface area contributed by atoms with Crippen LogP contribution >= 0.6 is 23.2 Å². The number of methoxy groups -OCH3 is 1. The number of nitrogens with two attached hydrogens (primary N) is 1. The van der Waals surface area contributed by atoms with Crippen LogP contribution in [0.4, 0.5) is 10.1 Å². The van der Waals surface area contributed by atoms with Gasteiger partial charge in [0.05, 0.1) is 28.5 Å². The van der Waals surface area contributed by atoms with Crippen LogP contribution in [0.25, 0.3) is 11.3 Å². The Bertz CT molecular complexity index is 750. The van der Waals surface area contributed by atoms with Crippen molar-refractivity contribution in [2.24, 2.45) is 0 Å². The van der Waals surface area contributed by atoms with E-state index >= 15 is 0 Å². The number of carboxylic acid groups (broad SMARTS) is 1. The van der Waals surface area contributed by atoms with Crippen molar-refractivity contribution < 1.29 is 71.8 Å². The molecule has 0 atom stereocenters. The molecule has 0 amide bonds. The first kappa shape index (κ1) is 19.6. The van der Waals surface area contributed by atoms with Gasteiger partial charge in [-0.2, -0.15) is 0 Å². The Hall–Kier alpha value is -0.414. The summed E-state index contributed by atoms with van der Waals surface area (Å²) in [5.41, 5.74) is 5.17. The van der Waals surface area contributed by atoms with Gasteiger partial charge in [-0.15, -0.1) is 0 Å². The summed E-state index contributed by atoms with van der Waals surface area (Å²) in [5.74, 6) is -2.30. The van der Waals surface area contributed by atoms with Crippen LogP contribution in [-0.2, 0) is 0 Å². The third-order valence-electron chi connectivity index (χ3n) is 2.72. The second-order valence-corrected chi connectivity index (χ2v) is 4.79. The summed E-state index contributed by atoms with van der Waals surface area (Å²) in [6.07, 6.45) is 0. The molecule has 0 aliphatic carbocycles. The van der Waals surface area contributed by atoms with E-state index < -0.39 is 17.5 Å². The zero-order chi connectivity index (χ0) is 15.7. The molecule has 2 rings (SSSR count). The zero-order valence-corrected chi connectivity index (χ0v) is 16.3. The average Bonchev–Trinajstić information content (AvgIpc) is 2.42. The fraction of sp³-hybridized carbons (Fsp3) is 0.0769. The molecule has 0 fully saturated rings. The third-order valence-corrected chi connectivity index (χ3v) is 3.41. The van der Waals surface area contributed by atoms with Gasteiger partial charge in [-0.25, -0.2) is 14.2 Å². The summed E-state index contributed by atoms with van der Waals surface area (Å²) in [7, 11) is 1.26. The van der Waals surface area contributed by atoms with E-state index in [1.54, 1.807) is 0 Å². The van der Waals surface area contributed by atoms with Gasteiger partial charge < -0.3 is 17.0 Å². The summed E-state index contributed by atoms with van der Waals surface area (Å²) in [6.45, 7) is 0. The molecule has 2 aromatic rings. The van der Waals surface area contributed by atoms with Gasteiger partial charge in [0.25, 0.3) is 0 Å². The average molecular weight is 371 g/mol. The summed E-state index contributed by atoms with van der Waals surface area (Å²) in [6, 6.07) is 4.04. The van der Waals surface area contributed by atoms with Crippen molar-refractivity contribution in [3.63, 3.8) is 0 Å². The maximum absolute atomic E-state index is 14.3. The second-order valence-electron chi connectivity index (χ2n) is 4.01. The number of ether oxygens (including phenoxy) is 1. The maximum atomic E-state index is 14.3. The molecule has 0 bridgehead atoms. The summed E-state index contributed by atoms with van der Waals surface area (Å²) in [4.78, 5) is 14.9. The Kier molecular flexibility index (Phi) is 7.06. The molecular weight excluding hydrogens is 361 g/mol. The number of carbonyl (C=O) groups is 1. The minimum Gasteiger partial charge on any atom is -1.00 e. The monoisotopic (exact) mass is 370 g/mol. The molecule has 0 aliphatic heterocycles. The van der Waals surface area contributed by atoms with E-state index in [9.17, 15) is 9.18 Å². The molecular formula is C13H10Cl2FKN2O3. The SMILES string of the molecule is COc1c(Cl)ccc(-c2cc(N)c(Cl)c(C(=O)O)n2)c1F.[H-].[K+]. The number of rotatable bonds is 3. The number of anilines is 1. The number of aromatic nitrogens is 1. The molecule has 5 nitrogen and oxygen atoms in total. The number of nitrogens with zero attached hydrogens (tertiary/aromatic N) is 1. The van der Waals surface area contributed by atoms with E-state index in [2.05, 4.69) is 4.98 Å². The van der Waals surface area contributed by atoms with Crippen molar-refractivity contribution in [3.05, 3.63) is 39.8 Å². The summed E-state index contributed by atoms with van der Waals surface area (Å²) in [5, 5.41) is 8.91. The number of hydrogen-bond donors (Lipinski definition) is 2. The van der Waals surface area contributed by atoms with Crippen LogP contribution in [0, 0.1) is 5.82 Å². The van der Waals surface area contributed by atoms with Gasteiger partial charge in [-0.05, 0) is 18.2 Å². The van der Waals surface area contributed by atoms with Gasteiger partial charge in [0.1, 0.15) is 0 Å². The standard InChI is InChI=1S/C13H9Cl2FN2O3.K.H/c1-21-12-6(14)3-2-5(10(12)16)8-4-7(17)9(15)11(18-8)13(19)20;;/h2-4H,1H3,(H2,17,18)(H,19,20);;/q;+1;-1. The van der Waals surface area contributed by atoms with Crippen molar-refractivity contribution in [3.8, 4) is 17.0 Å². The van der Waals surface area contributed by atoms with E-state index in [1.807, 2.05) is 0 Å². The van der Waals surface area contributed by atoms with Crippen molar-refractivity contribution >= 4 is 34.9 Å². The van der Waals surface area contributed by atoms with E-state index in [-0.39, 0.29) is 85.6 Å². The second kappa shape index (κ2) is 7.92. The number of carboxylic acids is 1. The molecule has 0 unspecified atom stereocenters. The van der Waals surface area contributed by atoms with Crippen molar-refractivity contribution in [1.82, 2.24) is 4.98 Å². The van der Waals surface area contributed by atoms with Crippen LogP contribution in [0.15, 0.2) is 18.2 Å². The Balaban J connectivity index is 0.00000242. The quantitative estimate of drug-likeness (QED) is 0.772. The molecule has 1 heterocycles. The first-order chi connectivity index (χ1) is 9.86. The molecule has 0 saturated heterocycles. The Morgan fingerprint density at radius 1 is 1.45 bits per heavy atom. The fourth-order valence-corrected chi connectivity index (χ4v) is 2.15. The van der Waals surface area contributed by atoms with E-state index in [0.29, 0.717) is 0 Å². The minimum atomic E-state index is -1.37. The molecule has 0 spiro atoms. The van der Waals surface area contributed by atoms with E-state index in [4.69, 9.17) is 38.8 Å². The van der Waals surface area contributed by atoms with Gasteiger partial charge in [0.15, 0.2) is 17.3 Å². The van der Waals surface area contributed by atoms with Gasteiger partial charge in [-0.3, -0.25) is 0 Å². The van der Waals surface area contributed by atoms with Crippen LogP contribution in [0.1, 0.15) is 11.9 Å². The largest absolute Gasteiger partial charge is 1.00 e. The molecule has 112 valence electrons. The molecule has 1 aromatic carbocycles. The number of halogens is 3. The fourth-order valence-electron chi connectivity index (χ4n) is 1.75. The number of benzene rings is 1. The van der Waals surface area contributed by atoms with Gasteiger partial charge in [-0.1, -0.05) is 23.2 Å². The molecule has 22 heavy (non-hydrogen) atoms. The normalized spacial score (nSPS) is 10.0. The van der Waals surface area contributed by atoms with E-state index in [1.165, 1.54) is 25.3 Å². The third kappa shape index (κ3) is 3.73. The van der Waals surface area contributed by atoms with Gasteiger partial charge >= 0.3 is 57.4 Å². The van der Waals surface area contributed by atoms with Crippen LogP contribution in [0.3, 0.4) is 0 Å². The topological polar surface area (TPSA) is 85.4 Å². The summed E-state index contributed by atoms with van der Waals surface area (Å²) < 4.78 is 19.2. The smallest absolute Gasteiger partial charge is 1.00 e. The molecule has 0 saturated carbocycles. The van der Waals surface area contributed by atoms with Gasteiger partial charge in [0.2, 0.25) is 0 Å². The Labute approximate surface area is 179 Å². The van der Waals surface area contributed by atoms with Crippen LogP contribution in [0.5, 0.6) is 5.75 Å². The Morgan fingerprint density at radius 2 is 2.09 bits per heavy atom. The minimum absolute atomic E-state index is 0. The predicted octanol–water partition coefficient (Wildman–Crippen LogP) is 0.600. The van der Waals surface area contributed by atoms with Crippen molar-refractivity contribution in [1.29, 1.82) is 0 Å². The van der Waals surface area contributed by atoms with Crippen LogP contribution < -0.4 is 61.9 Å². The molecule has 1 aromatic heterocycles. The van der Waals surface area contributed by atoms with Crippen molar-refractivity contribution in [2.75, 3.05) is 12.8 Å². The molecule has 0 radical (unpaired) electrons. The number of pyridine rings is 1. The van der Waals surface area contributed by atoms with Crippen LogP contribution in [0.2, 0.25) is 10.0 Å².